The van der Waals surface area contributed by atoms with E-state index in [-0.39, 0.29) is 18.0 Å². The first-order valence-electron chi connectivity index (χ1n) is 11.2. The Morgan fingerprint density at radius 3 is 2.43 bits per heavy atom. The Balaban J connectivity index is 1.68. The number of anilines is 1. The number of aryl methyl sites for hydroxylation is 1. The lowest BCUT2D eigenvalue weighted by Crippen LogP contribution is -2.41. The highest BCUT2D eigenvalue weighted by atomic mass is 16.6. The molecule has 0 aromatic heterocycles. The summed E-state index contributed by atoms with van der Waals surface area (Å²) in [5, 5.41) is 0. The number of nitrogens with zero attached hydrogens (tertiary/aromatic N) is 2. The first-order chi connectivity index (χ1) is 14.2. The smallest absolute Gasteiger partial charge is 0.410 e. The second-order valence-corrected chi connectivity index (χ2v) is 9.49. The van der Waals surface area contributed by atoms with Crippen molar-refractivity contribution in [3.05, 3.63) is 29.3 Å². The van der Waals surface area contributed by atoms with Crippen molar-refractivity contribution in [2.75, 3.05) is 37.7 Å². The molecule has 2 aliphatic rings. The highest BCUT2D eigenvalue weighted by molar-refractivity contribution is 5.74. The molecule has 1 atom stereocenters. The minimum Gasteiger partial charge on any atom is -0.466 e. The van der Waals surface area contributed by atoms with E-state index in [0.29, 0.717) is 32.2 Å². The summed E-state index contributed by atoms with van der Waals surface area (Å²) in [6.07, 6.45) is 2.46. The minimum absolute atomic E-state index is 0.0488. The van der Waals surface area contributed by atoms with Crippen LogP contribution in [0.3, 0.4) is 0 Å². The first-order valence-corrected chi connectivity index (χ1v) is 11.2. The van der Waals surface area contributed by atoms with Crippen LogP contribution < -0.4 is 4.90 Å². The van der Waals surface area contributed by atoms with E-state index in [1.807, 2.05) is 32.6 Å². The van der Waals surface area contributed by atoms with Crippen molar-refractivity contribution >= 4 is 17.7 Å². The summed E-state index contributed by atoms with van der Waals surface area (Å²) in [6.45, 7) is 13.1. The summed E-state index contributed by atoms with van der Waals surface area (Å²) in [5.41, 5.74) is 3.31. The standard InChI is InChI=1S/C24H36N2O4/c1-6-29-22(27)19-11-14-26(16-19)21-15-17(2)7-8-20(21)18-9-12-25(13-10-18)23(28)30-24(3,4)5/h7-8,15,18-19H,6,9-14,16H2,1-5H3. The van der Waals surface area contributed by atoms with Crippen LogP contribution >= 0.6 is 0 Å². The Bertz CT molecular complexity index is 763. The molecule has 3 rings (SSSR count). The summed E-state index contributed by atoms with van der Waals surface area (Å²) >= 11 is 0. The number of carbonyl (C=O) groups excluding carboxylic acids is 2. The van der Waals surface area contributed by atoms with E-state index in [1.165, 1.54) is 16.8 Å². The highest BCUT2D eigenvalue weighted by Crippen LogP contribution is 2.37. The SMILES string of the molecule is CCOC(=O)C1CCN(c2cc(C)ccc2C2CCN(C(=O)OC(C)(C)C)CC2)C1. The van der Waals surface area contributed by atoms with Gasteiger partial charge < -0.3 is 19.3 Å². The molecule has 0 bridgehead atoms. The summed E-state index contributed by atoms with van der Waals surface area (Å²) in [7, 11) is 0. The van der Waals surface area contributed by atoms with E-state index < -0.39 is 5.60 Å². The number of likely N-dealkylation sites (tertiary alicyclic amines) is 1. The third kappa shape index (κ3) is 5.46. The molecule has 0 saturated carbocycles. The van der Waals surface area contributed by atoms with Crippen LogP contribution in [0.2, 0.25) is 0 Å². The molecule has 166 valence electrons. The fourth-order valence-electron chi connectivity index (χ4n) is 4.40. The van der Waals surface area contributed by atoms with Crippen molar-refractivity contribution in [3.63, 3.8) is 0 Å². The summed E-state index contributed by atoms with van der Waals surface area (Å²) in [4.78, 5) is 28.7. The van der Waals surface area contributed by atoms with Crippen LogP contribution in [0.5, 0.6) is 0 Å². The number of rotatable bonds is 4. The molecule has 1 aromatic rings. The molecule has 30 heavy (non-hydrogen) atoms. The molecule has 1 unspecified atom stereocenters. The lowest BCUT2D eigenvalue weighted by Gasteiger charge is -2.35. The average Bonchev–Trinajstić information content (AvgIpc) is 3.17. The van der Waals surface area contributed by atoms with Crippen molar-refractivity contribution in [2.24, 2.45) is 5.92 Å². The number of esters is 1. The van der Waals surface area contributed by atoms with Gasteiger partial charge in [0.1, 0.15) is 5.60 Å². The van der Waals surface area contributed by atoms with Crippen LogP contribution in [0, 0.1) is 12.8 Å². The summed E-state index contributed by atoms with van der Waals surface area (Å²) in [6, 6.07) is 6.64. The van der Waals surface area contributed by atoms with Crippen molar-refractivity contribution in [1.82, 2.24) is 4.90 Å². The topological polar surface area (TPSA) is 59.1 Å². The Hall–Kier alpha value is -2.24. The number of carbonyl (C=O) groups is 2. The maximum absolute atomic E-state index is 12.4. The number of ether oxygens (including phenoxy) is 2. The zero-order valence-electron chi connectivity index (χ0n) is 19.1. The van der Waals surface area contributed by atoms with Crippen molar-refractivity contribution in [1.29, 1.82) is 0 Å². The maximum atomic E-state index is 12.4. The van der Waals surface area contributed by atoms with Gasteiger partial charge in [-0.15, -0.1) is 0 Å². The average molecular weight is 417 g/mol. The van der Waals surface area contributed by atoms with Gasteiger partial charge in [-0.05, 0) is 77.0 Å². The Labute approximate surface area is 180 Å². The van der Waals surface area contributed by atoms with Gasteiger partial charge in [-0.25, -0.2) is 4.79 Å². The lowest BCUT2D eigenvalue weighted by molar-refractivity contribution is -0.147. The molecule has 0 spiro atoms. The van der Waals surface area contributed by atoms with Crippen LogP contribution in [0.15, 0.2) is 18.2 Å². The molecule has 1 amide bonds. The summed E-state index contributed by atoms with van der Waals surface area (Å²) in [5.74, 6) is 0.271. The van der Waals surface area contributed by atoms with Crippen LogP contribution in [-0.2, 0) is 14.3 Å². The van der Waals surface area contributed by atoms with Gasteiger partial charge in [0.2, 0.25) is 0 Å². The number of hydrogen-bond acceptors (Lipinski definition) is 5. The molecule has 0 radical (unpaired) electrons. The lowest BCUT2D eigenvalue weighted by atomic mass is 9.87. The summed E-state index contributed by atoms with van der Waals surface area (Å²) < 4.78 is 10.8. The molecular formula is C24H36N2O4. The van der Waals surface area contributed by atoms with E-state index >= 15 is 0 Å². The van der Waals surface area contributed by atoms with E-state index in [9.17, 15) is 9.59 Å². The van der Waals surface area contributed by atoms with Crippen LogP contribution in [0.4, 0.5) is 10.5 Å². The monoisotopic (exact) mass is 416 g/mol. The van der Waals surface area contributed by atoms with Gasteiger partial charge in [-0.1, -0.05) is 12.1 Å². The fourth-order valence-corrected chi connectivity index (χ4v) is 4.40. The number of amides is 1. The third-order valence-electron chi connectivity index (χ3n) is 5.92. The van der Waals surface area contributed by atoms with Crippen molar-refractivity contribution in [3.8, 4) is 0 Å². The van der Waals surface area contributed by atoms with E-state index in [0.717, 1.165) is 25.8 Å². The Morgan fingerprint density at radius 1 is 1.10 bits per heavy atom. The molecule has 6 heteroatoms. The van der Waals surface area contributed by atoms with Crippen LogP contribution in [0.25, 0.3) is 0 Å². The molecule has 6 nitrogen and oxygen atoms in total. The number of hydrogen-bond donors (Lipinski definition) is 0. The molecule has 2 saturated heterocycles. The van der Waals surface area contributed by atoms with Gasteiger partial charge in [0.25, 0.3) is 0 Å². The predicted octanol–water partition coefficient (Wildman–Crippen LogP) is 4.50. The zero-order chi connectivity index (χ0) is 21.9. The van der Waals surface area contributed by atoms with Crippen molar-refractivity contribution in [2.45, 2.75) is 65.4 Å². The third-order valence-corrected chi connectivity index (χ3v) is 5.92. The molecule has 1 aromatic carbocycles. The normalized spacial score (nSPS) is 20.4. The molecule has 0 N–H and O–H groups in total. The van der Waals surface area contributed by atoms with Crippen LogP contribution in [-0.4, -0.2) is 55.3 Å². The van der Waals surface area contributed by atoms with Gasteiger partial charge in [-0.3, -0.25) is 4.79 Å². The van der Waals surface area contributed by atoms with Gasteiger partial charge in [-0.2, -0.15) is 0 Å². The molecule has 2 aliphatic heterocycles. The highest BCUT2D eigenvalue weighted by Gasteiger charge is 2.33. The predicted molar refractivity (Wildman–Crippen MR) is 118 cm³/mol. The minimum atomic E-state index is -0.469. The number of piperidine rings is 1. The Morgan fingerprint density at radius 2 is 1.80 bits per heavy atom. The van der Waals surface area contributed by atoms with Crippen molar-refractivity contribution < 1.29 is 19.1 Å². The molecule has 0 aliphatic carbocycles. The Kier molecular flexibility index (Phi) is 6.94. The second-order valence-electron chi connectivity index (χ2n) is 9.49. The fraction of sp³-hybridized carbons (Fsp3) is 0.667. The second kappa shape index (κ2) is 9.27. The quantitative estimate of drug-likeness (QED) is 0.677. The largest absolute Gasteiger partial charge is 0.466 e. The van der Waals surface area contributed by atoms with Gasteiger partial charge in [0.15, 0.2) is 0 Å². The van der Waals surface area contributed by atoms with E-state index in [2.05, 4.69) is 30.0 Å². The number of benzene rings is 1. The van der Waals surface area contributed by atoms with Crippen LogP contribution in [0.1, 0.15) is 64.0 Å². The maximum Gasteiger partial charge on any atom is 0.410 e. The van der Waals surface area contributed by atoms with Gasteiger partial charge in [0, 0.05) is 31.9 Å². The molecular weight excluding hydrogens is 380 g/mol. The zero-order valence-corrected chi connectivity index (χ0v) is 19.1. The first kappa shape index (κ1) is 22.4. The molecule has 2 fully saturated rings. The van der Waals surface area contributed by atoms with Gasteiger partial charge in [0.05, 0.1) is 12.5 Å². The van der Waals surface area contributed by atoms with E-state index in [4.69, 9.17) is 9.47 Å². The van der Waals surface area contributed by atoms with Gasteiger partial charge >= 0.3 is 12.1 Å². The van der Waals surface area contributed by atoms with E-state index in [1.54, 1.807) is 0 Å². The molecule has 2 heterocycles.